The average Bonchev–Trinajstić information content (AvgIpc) is 2.67. The maximum Gasteiger partial charge on any atom is 0.416 e. The van der Waals surface area contributed by atoms with E-state index in [0.717, 1.165) is 17.1 Å². The standard InChI is InChI=1S/C14H17F3N2/c1-9(2)19-8-10(5-6-18)12-7-11(14(15,16)17)3-4-13(12)19/h3-4,7-9H,5-6,18H2,1-2H3. The van der Waals surface area contributed by atoms with Gasteiger partial charge in [-0.25, -0.2) is 0 Å². The summed E-state index contributed by atoms with van der Waals surface area (Å²) in [5.41, 5.74) is 6.62. The second-order valence-corrected chi connectivity index (χ2v) is 4.92. The summed E-state index contributed by atoms with van der Waals surface area (Å²) in [6, 6.07) is 4.09. The van der Waals surface area contributed by atoms with Crippen LogP contribution in [0, 0.1) is 0 Å². The zero-order valence-corrected chi connectivity index (χ0v) is 11.0. The molecule has 0 fully saturated rings. The predicted molar refractivity (Wildman–Crippen MR) is 70.1 cm³/mol. The summed E-state index contributed by atoms with van der Waals surface area (Å²) < 4.78 is 40.3. The third-order valence-electron chi connectivity index (χ3n) is 3.21. The smallest absolute Gasteiger partial charge is 0.345 e. The fraction of sp³-hybridized carbons (Fsp3) is 0.429. The zero-order valence-electron chi connectivity index (χ0n) is 11.0. The molecule has 104 valence electrons. The summed E-state index contributed by atoms with van der Waals surface area (Å²) in [5.74, 6) is 0. The van der Waals surface area contributed by atoms with Gasteiger partial charge in [0.2, 0.25) is 0 Å². The van der Waals surface area contributed by atoms with Crippen molar-refractivity contribution in [2.24, 2.45) is 5.73 Å². The van der Waals surface area contributed by atoms with E-state index < -0.39 is 11.7 Å². The lowest BCUT2D eigenvalue weighted by Gasteiger charge is -2.10. The molecule has 0 saturated carbocycles. The molecule has 2 N–H and O–H groups in total. The summed E-state index contributed by atoms with van der Waals surface area (Å²) in [4.78, 5) is 0. The first kappa shape index (κ1) is 13.9. The van der Waals surface area contributed by atoms with Crippen molar-refractivity contribution in [3.8, 4) is 0 Å². The first-order valence-electron chi connectivity index (χ1n) is 6.25. The lowest BCUT2D eigenvalue weighted by molar-refractivity contribution is -0.137. The van der Waals surface area contributed by atoms with Crippen LogP contribution in [0.2, 0.25) is 0 Å². The lowest BCUT2D eigenvalue weighted by atomic mass is 10.1. The number of hydrogen-bond donors (Lipinski definition) is 1. The van der Waals surface area contributed by atoms with E-state index in [4.69, 9.17) is 5.73 Å². The molecule has 2 aromatic rings. The SMILES string of the molecule is CC(C)n1cc(CCN)c2cc(C(F)(F)F)ccc21. The largest absolute Gasteiger partial charge is 0.416 e. The summed E-state index contributed by atoms with van der Waals surface area (Å²) >= 11 is 0. The number of fused-ring (bicyclic) bond motifs is 1. The minimum absolute atomic E-state index is 0.200. The highest BCUT2D eigenvalue weighted by Gasteiger charge is 2.31. The van der Waals surface area contributed by atoms with E-state index >= 15 is 0 Å². The topological polar surface area (TPSA) is 30.9 Å². The van der Waals surface area contributed by atoms with Gasteiger partial charge in [-0.15, -0.1) is 0 Å². The van der Waals surface area contributed by atoms with Gasteiger partial charge in [-0.05, 0) is 50.6 Å². The van der Waals surface area contributed by atoms with Gasteiger partial charge in [0.1, 0.15) is 0 Å². The molecule has 0 saturated heterocycles. The van der Waals surface area contributed by atoms with Crippen molar-refractivity contribution in [1.82, 2.24) is 4.57 Å². The highest BCUT2D eigenvalue weighted by Crippen LogP contribution is 2.34. The molecule has 2 nitrogen and oxygen atoms in total. The Morgan fingerprint density at radius 3 is 2.47 bits per heavy atom. The van der Waals surface area contributed by atoms with Crippen LogP contribution in [-0.4, -0.2) is 11.1 Å². The molecule has 0 aliphatic heterocycles. The number of nitrogens with two attached hydrogens (primary N) is 1. The number of hydrogen-bond acceptors (Lipinski definition) is 1. The summed E-state index contributed by atoms with van der Waals surface area (Å²) in [6.07, 6.45) is -1.83. The molecule has 1 aromatic carbocycles. The number of nitrogens with zero attached hydrogens (tertiary/aromatic N) is 1. The molecular formula is C14H17F3N2. The number of benzene rings is 1. The van der Waals surface area contributed by atoms with Crippen LogP contribution in [-0.2, 0) is 12.6 Å². The van der Waals surface area contributed by atoms with Crippen LogP contribution in [0.5, 0.6) is 0 Å². The Balaban J connectivity index is 2.66. The molecule has 5 heteroatoms. The van der Waals surface area contributed by atoms with Crippen LogP contribution in [0.3, 0.4) is 0 Å². The molecule has 0 radical (unpaired) electrons. The monoisotopic (exact) mass is 270 g/mol. The number of alkyl halides is 3. The first-order chi connectivity index (χ1) is 8.84. The summed E-state index contributed by atoms with van der Waals surface area (Å²) in [6.45, 7) is 4.43. The van der Waals surface area contributed by atoms with Gasteiger partial charge in [-0.1, -0.05) is 0 Å². The summed E-state index contributed by atoms with van der Waals surface area (Å²) in [5, 5.41) is 0.647. The van der Waals surface area contributed by atoms with Crippen LogP contribution in [0.1, 0.15) is 31.0 Å². The maximum absolute atomic E-state index is 12.8. The van der Waals surface area contributed by atoms with Crippen molar-refractivity contribution in [3.63, 3.8) is 0 Å². The van der Waals surface area contributed by atoms with Crippen LogP contribution < -0.4 is 5.73 Å². The highest BCUT2D eigenvalue weighted by atomic mass is 19.4. The van der Waals surface area contributed by atoms with E-state index in [1.165, 1.54) is 12.1 Å². The zero-order chi connectivity index (χ0) is 14.2. The number of aromatic nitrogens is 1. The fourth-order valence-corrected chi connectivity index (χ4v) is 2.28. The van der Waals surface area contributed by atoms with Crippen LogP contribution >= 0.6 is 0 Å². The number of halogens is 3. The Bertz CT molecular complexity index is 582. The van der Waals surface area contributed by atoms with Crippen molar-refractivity contribution in [1.29, 1.82) is 0 Å². The predicted octanol–water partition coefficient (Wildman–Crippen LogP) is 3.74. The molecule has 0 amide bonds. The Kier molecular flexibility index (Phi) is 3.58. The molecule has 2 rings (SSSR count). The second kappa shape index (κ2) is 4.89. The van der Waals surface area contributed by atoms with E-state index in [0.29, 0.717) is 18.4 Å². The Morgan fingerprint density at radius 2 is 1.95 bits per heavy atom. The fourth-order valence-electron chi connectivity index (χ4n) is 2.28. The van der Waals surface area contributed by atoms with E-state index in [1.807, 2.05) is 24.6 Å². The number of rotatable bonds is 3. The van der Waals surface area contributed by atoms with Gasteiger partial charge in [0.25, 0.3) is 0 Å². The molecule has 0 aliphatic rings. The average molecular weight is 270 g/mol. The van der Waals surface area contributed by atoms with E-state index in [-0.39, 0.29) is 6.04 Å². The minimum atomic E-state index is -4.31. The van der Waals surface area contributed by atoms with Crippen molar-refractivity contribution >= 4 is 10.9 Å². The molecule has 0 unspecified atom stereocenters. The molecule has 0 aliphatic carbocycles. The molecule has 0 atom stereocenters. The second-order valence-electron chi connectivity index (χ2n) is 4.92. The Morgan fingerprint density at radius 1 is 1.26 bits per heavy atom. The van der Waals surface area contributed by atoms with Crippen molar-refractivity contribution in [2.45, 2.75) is 32.5 Å². The van der Waals surface area contributed by atoms with Gasteiger partial charge in [0, 0.05) is 23.1 Å². The van der Waals surface area contributed by atoms with Crippen molar-refractivity contribution < 1.29 is 13.2 Å². The lowest BCUT2D eigenvalue weighted by Crippen LogP contribution is -2.05. The van der Waals surface area contributed by atoms with Gasteiger partial charge in [0.15, 0.2) is 0 Å². The first-order valence-corrected chi connectivity index (χ1v) is 6.25. The third-order valence-corrected chi connectivity index (χ3v) is 3.21. The summed E-state index contributed by atoms with van der Waals surface area (Å²) in [7, 11) is 0. The van der Waals surface area contributed by atoms with Crippen molar-refractivity contribution in [2.75, 3.05) is 6.54 Å². The van der Waals surface area contributed by atoms with Crippen molar-refractivity contribution in [3.05, 3.63) is 35.5 Å². The van der Waals surface area contributed by atoms with Gasteiger partial charge >= 0.3 is 6.18 Å². The van der Waals surface area contributed by atoms with Gasteiger partial charge in [-0.3, -0.25) is 0 Å². The molecule has 19 heavy (non-hydrogen) atoms. The highest BCUT2D eigenvalue weighted by molar-refractivity contribution is 5.85. The quantitative estimate of drug-likeness (QED) is 0.905. The Labute approximate surface area is 110 Å². The van der Waals surface area contributed by atoms with Crippen LogP contribution in [0.4, 0.5) is 13.2 Å². The Hall–Kier alpha value is -1.49. The van der Waals surface area contributed by atoms with E-state index in [9.17, 15) is 13.2 Å². The molecular weight excluding hydrogens is 253 g/mol. The van der Waals surface area contributed by atoms with Gasteiger partial charge in [-0.2, -0.15) is 13.2 Å². The normalized spacial score (nSPS) is 12.6. The van der Waals surface area contributed by atoms with E-state index in [2.05, 4.69) is 0 Å². The van der Waals surface area contributed by atoms with Gasteiger partial charge in [0.05, 0.1) is 5.56 Å². The molecule has 1 heterocycles. The van der Waals surface area contributed by atoms with Crippen LogP contribution in [0.15, 0.2) is 24.4 Å². The maximum atomic E-state index is 12.8. The minimum Gasteiger partial charge on any atom is -0.345 e. The van der Waals surface area contributed by atoms with Gasteiger partial charge < -0.3 is 10.3 Å². The van der Waals surface area contributed by atoms with E-state index in [1.54, 1.807) is 0 Å². The molecule has 1 aromatic heterocycles. The molecule has 0 spiro atoms. The van der Waals surface area contributed by atoms with Crippen LogP contribution in [0.25, 0.3) is 10.9 Å². The third kappa shape index (κ3) is 2.61. The molecule has 0 bridgehead atoms.